The van der Waals surface area contributed by atoms with Gasteiger partial charge in [0.1, 0.15) is 12.2 Å². The molecule has 152 valence electrons. The molecule has 2 atom stereocenters. The molecule has 0 spiro atoms. The van der Waals surface area contributed by atoms with Gasteiger partial charge in [-0.25, -0.2) is 0 Å². The SMILES string of the molecule is COc1ccc(C2OCC3=C2COC3c2ccc3c(c2OC)OCO3)cc1OC. The Kier molecular flexibility index (Phi) is 4.49. The zero-order chi connectivity index (χ0) is 20.0. The van der Waals surface area contributed by atoms with Gasteiger partial charge in [-0.3, -0.25) is 0 Å². The Morgan fingerprint density at radius 2 is 1.55 bits per heavy atom. The van der Waals surface area contributed by atoms with Crippen LogP contribution in [-0.2, 0) is 9.47 Å². The van der Waals surface area contributed by atoms with Gasteiger partial charge < -0.3 is 33.2 Å². The highest BCUT2D eigenvalue weighted by atomic mass is 16.7. The van der Waals surface area contributed by atoms with Crippen molar-refractivity contribution in [1.82, 2.24) is 0 Å². The van der Waals surface area contributed by atoms with Crippen molar-refractivity contribution < 1.29 is 33.2 Å². The first kappa shape index (κ1) is 18.1. The van der Waals surface area contributed by atoms with Gasteiger partial charge in [0.25, 0.3) is 0 Å². The molecule has 3 heterocycles. The number of methoxy groups -OCH3 is 3. The molecule has 0 amide bonds. The van der Waals surface area contributed by atoms with Gasteiger partial charge in [-0.2, -0.15) is 0 Å². The van der Waals surface area contributed by atoms with Gasteiger partial charge in [-0.05, 0) is 41.0 Å². The van der Waals surface area contributed by atoms with Crippen molar-refractivity contribution in [2.75, 3.05) is 41.3 Å². The third-order valence-electron chi connectivity index (χ3n) is 5.58. The summed E-state index contributed by atoms with van der Waals surface area (Å²) in [6.07, 6.45) is -0.408. The molecular formula is C22H22O7. The van der Waals surface area contributed by atoms with E-state index in [2.05, 4.69) is 0 Å². The highest BCUT2D eigenvalue weighted by molar-refractivity contribution is 5.59. The molecule has 5 rings (SSSR count). The van der Waals surface area contributed by atoms with Gasteiger partial charge >= 0.3 is 0 Å². The minimum atomic E-state index is -0.236. The smallest absolute Gasteiger partial charge is 0.231 e. The van der Waals surface area contributed by atoms with E-state index in [0.717, 1.165) is 22.3 Å². The third kappa shape index (κ3) is 2.81. The molecule has 7 heteroatoms. The molecule has 0 aliphatic carbocycles. The maximum atomic E-state index is 6.18. The van der Waals surface area contributed by atoms with E-state index in [9.17, 15) is 0 Å². The molecule has 0 N–H and O–H groups in total. The number of rotatable bonds is 5. The minimum absolute atomic E-state index is 0.171. The predicted octanol–water partition coefficient (Wildman–Crippen LogP) is 3.58. The molecule has 7 nitrogen and oxygen atoms in total. The summed E-state index contributed by atoms with van der Waals surface area (Å²) in [4.78, 5) is 0. The van der Waals surface area contributed by atoms with E-state index >= 15 is 0 Å². The number of ether oxygens (including phenoxy) is 7. The lowest BCUT2D eigenvalue weighted by atomic mass is 9.95. The molecule has 0 saturated heterocycles. The summed E-state index contributed by atoms with van der Waals surface area (Å²) in [5.41, 5.74) is 4.19. The van der Waals surface area contributed by atoms with Crippen LogP contribution in [0.15, 0.2) is 41.5 Å². The Morgan fingerprint density at radius 3 is 2.31 bits per heavy atom. The summed E-state index contributed by atoms with van der Waals surface area (Å²) in [6.45, 7) is 1.19. The first-order valence-electron chi connectivity index (χ1n) is 9.38. The van der Waals surface area contributed by atoms with Crippen LogP contribution < -0.4 is 23.7 Å². The fourth-order valence-corrected chi connectivity index (χ4v) is 4.19. The highest BCUT2D eigenvalue weighted by Gasteiger charge is 2.40. The standard InChI is InChI=1S/C22H22O7/c1-23-16-6-4-12(8-18(16)24-2)19-14-9-27-20(15(14)10-26-19)13-5-7-17-22(21(13)25-3)29-11-28-17/h4-8,19-20H,9-11H2,1-3H3. The second-order valence-corrected chi connectivity index (χ2v) is 6.97. The van der Waals surface area contributed by atoms with Crippen LogP contribution in [0.5, 0.6) is 28.7 Å². The molecule has 3 aliphatic rings. The third-order valence-corrected chi connectivity index (χ3v) is 5.58. The lowest BCUT2D eigenvalue weighted by molar-refractivity contribution is 0.0544. The molecule has 0 bridgehead atoms. The van der Waals surface area contributed by atoms with Crippen LogP contribution in [0.1, 0.15) is 23.3 Å². The molecule has 0 saturated carbocycles. The van der Waals surface area contributed by atoms with Crippen LogP contribution in [0.3, 0.4) is 0 Å². The Morgan fingerprint density at radius 1 is 0.793 bits per heavy atom. The second-order valence-electron chi connectivity index (χ2n) is 6.97. The van der Waals surface area contributed by atoms with Crippen molar-refractivity contribution in [1.29, 1.82) is 0 Å². The highest BCUT2D eigenvalue weighted by Crippen LogP contribution is 2.52. The van der Waals surface area contributed by atoms with Crippen molar-refractivity contribution in [3.63, 3.8) is 0 Å². The zero-order valence-corrected chi connectivity index (χ0v) is 16.5. The van der Waals surface area contributed by atoms with E-state index in [4.69, 9.17) is 33.2 Å². The second kappa shape index (κ2) is 7.17. The summed E-state index contributed by atoms with van der Waals surface area (Å²) >= 11 is 0. The lowest BCUT2D eigenvalue weighted by Gasteiger charge is -2.19. The van der Waals surface area contributed by atoms with Gasteiger partial charge in [0.05, 0.1) is 34.5 Å². The summed E-state index contributed by atoms with van der Waals surface area (Å²) < 4.78 is 39.8. The van der Waals surface area contributed by atoms with Crippen molar-refractivity contribution in [2.45, 2.75) is 12.2 Å². The normalized spacial score (nSPS) is 22.0. The summed E-state index contributed by atoms with van der Waals surface area (Å²) in [6, 6.07) is 9.70. The van der Waals surface area contributed by atoms with Crippen molar-refractivity contribution >= 4 is 0 Å². The Labute approximate surface area is 168 Å². The summed E-state index contributed by atoms with van der Waals surface area (Å²) in [5, 5.41) is 0. The van der Waals surface area contributed by atoms with Crippen LogP contribution in [0.25, 0.3) is 0 Å². The first-order chi connectivity index (χ1) is 14.2. The van der Waals surface area contributed by atoms with E-state index < -0.39 is 0 Å². The van der Waals surface area contributed by atoms with E-state index in [-0.39, 0.29) is 19.0 Å². The fraction of sp³-hybridized carbons (Fsp3) is 0.364. The van der Waals surface area contributed by atoms with Crippen LogP contribution in [0, 0.1) is 0 Å². The van der Waals surface area contributed by atoms with Gasteiger partial charge in [-0.15, -0.1) is 0 Å². The monoisotopic (exact) mass is 398 g/mol. The largest absolute Gasteiger partial charge is 0.493 e. The summed E-state index contributed by atoms with van der Waals surface area (Å²) in [7, 11) is 4.88. The quantitative estimate of drug-likeness (QED) is 0.714. The van der Waals surface area contributed by atoms with E-state index in [1.165, 1.54) is 0 Å². The molecule has 2 unspecified atom stereocenters. The van der Waals surface area contributed by atoms with E-state index in [1.54, 1.807) is 21.3 Å². The van der Waals surface area contributed by atoms with Gasteiger partial charge in [0.15, 0.2) is 23.0 Å². The maximum absolute atomic E-state index is 6.18. The van der Waals surface area contributed by atoms with Crippen LogP contribution in [0.4, 0.5) is 0 Å². The van der Waals surface area contributed by atoms with Crippen LogP contribution in [-0.4, -0.2) is 41.3 Å². The Hall–Kier alpha value is -2.90. The van der Waals surface area contributed by atoms with Crippen LogP contribution in [0.2, 0.25) is 0 Å². The molecule has 0 aromatic heterocycles. The number of benzene rings is 2. The molecule has 0 radical (unpaired) electrons. The Balaban J connectivity index is 1.49. The van der Waals surface area contributed by atoms with E-state index in [0.29, 0.717) is 42.0 Å². The number of hydrogen-bond acceptors (Lipinski definition) is 7. The average molecular weight is 398 g/mol. The average Bonchev–Trinajstić information content (AvgIpc) is 3.48. The van der Waals surface area contributed by atoms with Crippen molar-refractivity contribution in [3.8, 4) is 28.7 Å². The minimum Gasteiger partial charge on any atom is -0.493 e. The molecule has 0 fully saturated rings. The predicted molar refractivity (Wildman–Crippen MR) is 103 cm³/mol. The maximum Gasteiger partial charge on any atom is 0.231 e. The first-order valence-corrected chi connectivity index (χ1v) is 9.38. The molecule has 3 aliphatic heterocycles. The number of hydrogen-bond donors (Lipinski definition) is 0. The lowest BCUT2D eigenvalue weighted by Crippen LogP contribution is -2.09. The number of fused-ring (bicyclic) bond motifs is 1. The van der Waals surface area contributed by atoms with Gasteiger partial charge in [0.2, 0.25) is 12.5 Å². The summed E-state index contributed by atoms with van der Waals surface area (Å²) in [5.74, 6) is 3.32. The van der Waals surface area contributed by atoms with Gasteiger partial charge in [-0.1, -0.05) is 6.07 Å². The van der Waals surface area contributed by atoms with E-state index in [1.807, 2.05) is 30.3 Å². The molecular weight excluding hydrogens is 376 g/mol. The Bertz CT molecular complexity index is 981. The molecule has 29 heavy (non-hydrogen) atoms. The van der Waals surface area contributed by atoms with Gasteiger partial charge in [0, 0.05) is 5.56 Å². The topological polar surface area (TPSA) is 64.6 Å². The van der Waals surface area contributed by atoms with Crippen LogP contribution >= 0.6 is 0 Å². The molecule has 2 aromatic carbocycles. The van der Waals surface area contributed by atoms with Crippen molar-refractivity contribution in [2.24, 2.45) is 0 Å². The fourth-order valence-electron chi connectivity index (χ4n) is 4.19. The zero-order valence-electron chi connectivity index (χ0n) is 16.5. The molecule has 2 aromatic rings. The van der Waals surface area contributed by atoms with Crippen molar-refractivity contribution in [3.05, 3.63) is 52.6 Å².